The second-order valence-corrected chi connectivity index (χ2v) is 6.80. The van der Waals surface area contributed by atoms with E-state index in [1.807, 2.05) is 0 Å². The first kappa shape index (κ1) is 19.9. The number of benzene rings is 1. The number of anilines is 1. The van der Waals surface area contributed by atoms with E-state index in [1.165, 1.54) is 36.0 Å². The molecule has 2 aromatic rings. The van der Waals surface area contributed by atoms with Crippen LogP contribution < -0.4 is 10.5 Å². The van der Waals surface area contributed by atoms with E-state index in [0.29, 0.717) is 18.4 Å². The van der Waals surface area contributed by atoms with Crippen LogP contribution in [0.25, 0.3) is 0 Å². The summed E-state index contributed by atoms with van der Waals surface area (Å²) in [5.74, 6) is -0.0182. The van der Waals surface area contributed by atoms with E-state index < -0.39 is 11.7 Å². The van der Waals surface area contributed by atoms with Crippen LogP contribution in [-0.2, 0) is 6.18 Å². The number of ketones is 1. The number of nitrogens with one attached hydrogen (secondary N) is 1. The summed E-state index contributed by atoms with van der Waals surface area (Å²) in [6.07, 6.45) is 1.85. The van der Waals surface area contributed by atoms with Gasteiger partial charge < -0.3 is 9.88 Å². The average molecular weight is 390 g/mol. The summed E-state index contributed by atoms with van der Waals surface area (Å²) >= 11 is 0. The quantitative estimate of drug-likeness (QED) is 0.600. The maximum atomic E-state index is 12.7. The molecule has 3 rings (SSSR count). The SMILES string of the molecule is O=C(CCC=C1CCN(c2ccc(C(F)(F)F)cc2)CC1)c1ccc(=O)[nH]c1. The minimum absolute atomic E-state index is 0.0182. The number of Topliss-reactive ketones (excluding diaryl/α,β-unsaturated/α-hetero) is 1. The van der Waals surface area contributed by atoms with Gasteiger partial charge in [-0.05, 0) is 49.6 Å². The molecule has 1 aromatic carbocycles. The molecule has 0 amide bonds. The molecule has 0 bridgehead atoms. The number of hydrogen-bond acceptors (Lipinski definition) is 3. The third-order valence-corrected chi connectivity index (χ3v) is 4.88. The molecule has 7 heteroatoms. The highest BCUT2D eigenvalue weighted by Gasteiger charge is 2.30. The van der Waals surface area contributed by atoms with Gasteiger partial charge >= 0.3 is 6.18 Å². The van der Waals surface area contributed by atoms with Crippen molar-refractivity contribution in [2.45, 2.75) is 31.9 Å². The molecule has 1 saturated heterocycles. The van der Waals surface area contributed by atoms with E-state index in [4.69, 9.17) is 0 Å². The molecule has 0 atom stereocenters. The zero-order valence-electron chi connectivity index (χ0n) is 15.3. The van der Waals surface area contributed by atoms with Gasteiger partial charge in [-0.3, -0.25) is 9.59 Å². The van der Waals surface area contributed by atoms with Gasteiger partial charge in [0, 0.05) is 43.0 Å². The summed E-state index contributed by atoms with van der Waals surface area (Å²) in [5.41, 5.74) is 1.67. The number of alkyl halides is 3. The Labute approximate surface area is 160 Å². The Balaban J connectivity index is 1.49. The van der Waals surface area contributed by atoms with Crippen LogP contribution in [-0.4, -0.2) is 23.9 Å². The summed E-state index contributed by atoms with van der Waals surface area (Å²) in [5, 5.41) is 0. The van der Waals surface area contributed by atoms with Crippen LogP contribution in [0.4, 0.5) is 18.9 Å². The molecule has 148 valence electrons. The van der Waals surface area contributed by atoms with Gasteiger partial charge in [-0.15, -0.1) is 0 Å². The van der Waals surface area contributed by atoms with Gasteiger partial charge in [0.25, 0.3) is 0 Å². The molecule has 1 aliphatic heterocycles. The highest BCUT2D eigenvalue weighted by Crippen LogP contribution is 2.31. The number of H-pyrrole nitrogens is 1. The van der Waals surface area contributed by atoms with Gasteiger partial charge in [0.2, 0.25) is 5.56 Å². The second-order valence-electron chi connectivity index (χ2n) is 6.80. The number of piperidine rings is 1. The molecular formula is C21H21F3N2O2. The Morgan fingerprint density at radius 2 is 1.75 bits per heavy atom. The summed E-state index contributed by atoms with van der Waals surface area (Å²) in [7, 11) is 0. The maximum Gasteiger partial charge on any atom is 0.416 e. The van der Waals surface area contributed by atoms with Gasteiger partial charge in [0.1, 0.15) is 0 Å². The lowest BCUT2D eigenvalue weighted by Crippen LogP contribution is -2.30. The third kappa shape index (κ3) is 5.12. The van der Waals surface area contributed by atoms with E-state index in [9.17, 15) is 22.8 Å². The van der Waals surface area contributed by atoms with Crippen molar-refractivity contribution in [1.29, 1.82) is 0 Å². The molecule has 1 aromatic heterocycles. The molecule has 0 radical (unpaired) electrons. The van der Waals surface area contributed by atoms with Crippen LogP contribution in [0.1, 0.15) is 41.6 Å². The highest BCUT2D eigenvalue weighted by atomic mass is 19.4. The van der Waals surface area contributed by atoms with E-state index in [-0.39, 0.29) is 11.3 Å². The van der Waals surface area contributed by atoms with Crippen LogP contribution in [0.5, 0.6) is 0 Å². The fraction of sp³-hybridized carbons (Fsp3) is 0.333. The zero-order valence-corrected chi connectivity index (χ0v) is 15.3. The normalized spacial score (nSPS) is 14.8. The predicted molar refractivity (Wildman–Crippen MR) is 102 cm³/mol. The lowest BCUT2D eigenvalue weighted by atomic mass is 10.00. The Morgan fingerprint density at radius 3 is 2.32 bits per heavy atom. The maximum absolute atomic E-state index is 12.7. The summed E-state index contributed by atoms with van der Waals surface area (Å²) in [4.78, 5) is 27.7. The number of pyridine rings is 1. The largest absolute Gasteiger partial charge is 0.416 e. The van der Waals surface area contributed by atoms with Crippen molar-refractivity contribution in [2.24, 2.45) is 0 Å². The molecule has 0 aliphatic carbocycles. The molecule has 0 spiro atoms. The third-order valence-electron chi connectivity index (χ3n) is 4.88. The number of hydrogen-bond donors (Lipinski definition) is 1. The van der Waals surface area contributed by atoms with Crippen molar-refractivity contribution in [1.82, 2.24) is 4.98 Å². The van der Waals surface area contributed by atoms with Crippen molar-refractivity contribution in [3.63, 3.8) is 0 Å². The van der Waals surface area contributed by atoms with Crippen LogP contribution in [0.2, 0.25) is 0 Å². The number of halogens is 3. The van der Waals surface area contributed by atoms with Crippen LogP contribution >= 0.6 is 0 Å². The number of aromatic nitrogens is 1. The lowest BCUT2D eigenvalue weighted by molar-refractivity contribution is -0.137. The van der Waals surface area contributed by atoms with E-state index in [1.54, 1.807) is 0 Å². The molecule has 28 heavy (non-hydrogen) atoms. The van der Waals surface area contributed by atoms with Crippen molar-refractivity contribution in [3.8, 4) is 0 Å². The van der Waals surface area contributed by atoms with Crippen molar-refractivity contribution in [2.75, 3.05) is 18.0 Å². The first-order valence-electron chi connectivity index (χ1n) is 9.15. The first-order chi connectivity index (χ1) is 13.3. The Morgan fingerprint density at radius 1 is 1.07 bits per heavy atom. The fourth-order valence-corrected chi connectivity index (χ4v) is 3.25. The van der Waals surface area contributed by atoms with Crippen molar-refractivity contribution in [3.05, 3.63) is 75.7 Å². The fourth-order valence-electron chi connectivity index (χ4n) is 3.25. The molecule has 0 unspecified atom stereocenters. The van der Waals surface area contributed by atoms with Gasteiger partial charge in [-0.2, -0.15) is 13.2 Å². The van der Waals surface area contributed by atoms with Crippen molar-refractivity contribution < 1.29 is 18.0 Å². The lowest BCUT2D eigenvalue weighted by Gasteiger charge is -2.30. The minimum Gasteiger partial charge on any atom is -0.371 e. The standard InChI is InChI=1S/C21H21F3N2O2/c22-21(23,24)17-5-7-18(8-6-17)26-12-10-15(11-13-26)2-1-3-19(27)16-4-9-20(28)25-14-16/h2,4-9,14H,1,3,10-13H2,(H,25,28). The monoisotopic (exact) mass is 390 g/mol. The number of rotatable bonds is 5. The van der Waals surface area contributed by atoms with Crippen molar-refractivity contribution >= 4 is 11.5 Å². The Hall–Kier alpha value is -2.83. The molecular weight excluding hydrogens is 369 g/mol. The number of aromatic amines is 1. The van der Waals surface area contributed by atoms with Gasteiger partial charge in [0.05, 0.1) is 5.56 Å². The smallest absolute Gasteiger partial charge is 0.371 e. The van der Waals surface area contributed by atoms with Crippen LogP contribution in [0.3, 0.4) is 0 Å². The summed E-state index contributed by atoms with van der Waals surface area (Å²) < 4.78 is 38.0. The Bertz CT molecular complexity index is 884. The van der Waals surface area contributed by atoms with Gasteiger partial charge in [-0.25, -0.2) is 0 Å². The number of carbonyl (C=O) groups excluding carboxylic acids is 1. The predicted octanol–water partition coefficient (Wildman–Crippen LogP) is 4.58. The average Bonchev–Trinajstić information content (AvgIpc) is 2.68. The molecule has 0 saturated carbocycles. The van der Waals surface area contributed by atoms with Gasteiger partial charge in [-0.1, -0.05) is 11.6 Å². The van der Waals surface area contributed by atoms with Crippen LogP contribution in [0.15, 0.2) is 59.0 Å². The summed E-state index contributed by atoms with van der Waals surface area (Å²) in [6, 6.07) is 8.12. The van der Waals surface area contributed by atoms with Gasteiger partial charge in [0.15, 0.2) is 5.78 Å². The Kier molecular flexibility index (Phi) is 6.02. The first-order valence-corrected chi connectivity index (χ1v) is 9.15. The molecule has 2 heterocycles. The molecule has 1 aliphatic rings. The zero-order chi connectivity index (χ0) is 20.1. The van der Waals surface area contributed by atoms with Crippen LogP contribution in [0, 0.1) is 0 Å². The minimum atomic E-state index is -4.32. The number of allylic oxidation sites excluding steroid dienone is 1. The molecule has 1 fully saturated rings. The summed E-state index contributed by atoms with van der Waals surface area (Å²) in [6.45, 7) is 1.48. The number of carbonyl (C=O) groups is 1. The van der Waals surface area contributed by atoms with E-state index in [2.05, 4.69) is 16.0 Å². The highest BCUT2D eigenvalue weighted by molar-refractivity contribution is 5.95. The van der Waals surface area contributed by atoms with E-state index >= 15 is 0 Å². The number of nitrogens with zero attached hydrogens (tertiary/aromatic N) is 1. The molecule has 1 N–H and O–H groups in total. The second kappa shape index (κ2) is 8.46. The van der Waals surface area contributed by atoms with E-state index in [0.717, 1.165) is 43.8 Å². The molecule has 4 nitrogen and oxygen atoms in total. The topological polar surface area (TPSA) is 53.2 Å².